The molecule has 126 valence electrons. The van der Waals surface area contributed by atoms with E-state index in [0.717, 1.165) is 50.9 Å². The number of hydrogen-bond acceptors (Lipinski definition) is 3. The van der Waals surface area contributed by atoms with Crippen molar-refractivity contribution < 1.29 is 14.8 Å². The molecule has 1 aromatic rings. The van der Waals surface area contributed by atoms with Gasteiger partial charge in [0.25, 0.3) is 5.91 Å². The third-order valence-corrected chi connectivity index (χ3v) is 5.29. The average molecular weight is 319 g/mol. The molecule has 0 unspecified atom stereocenters. The van der Waals surface area contributed by atoms with Crippen LogP contribution in [-0.2, 0) is 17.9 Å². The summed E-state index contributed by atoms with van der Waals surface area (Å²) in [5, 5.41) is 8.78. The van der Waals surface area contributed by atoms with E-state index in [4.69, 9.17) is 5.21 Å². The third-order valence-electron chi connectivity index (χ3n) is 5.29. The number of aryl methyl sites for hydroxylation is 1. The van der Waals surface area contributed by atoms with Gasteiger partial charge in [0.1, 0.15) is 0 Å². The predicted octanol–water partition coefficient (Wildman–Crippen LogP) is 2.31. The second kappa shape index (κ2) is 6.35. The highest BCUT2D eigenvalue weighted by Crippen LogP contribution is 2.38. The SMILES string of the molecule is CC1(C(=O)N2CCCn3cc(C(=O)NO)cc3C2)CCCCC1. The summed E-state index contributed by atoms with van der Waals surface area (Å²) in [6.45, 7) is 4.18. The van der Waals surface area contributed by atoms with Crippen molar-refractivity contribution in [2.45, 2.75) is 58.5 Å². The van der Waals surface area contributed by atoms with Gasteiger partial charge in [0.15, 0.2) is 0 Å². The molecule has 0 aromatic carbocycles. The van der Waals surface area contributed by atoms with Crippen molar-refractivity contribution in [3.63, 3.8) is 0 Å². The van der Waals surface area contributed by atoms with Gasteiger partial charge in [-0.15, -0.1) is 0 Å². The third kappa shape index (κ3) is 3.13. The van der Waals surface area contributed by atoms with E-state index < -0.39 is 5.91 Å². The zero-order valence-electron chi connectivity index (χ0n) is 13.7. The lowest BCUT2D eigenvalue weighted by Crippen LogP contribution is -2.43. The van der Waals surface area contributed by atoms with Crippen LogP contribution in [0.15, 0.2) is 12.3 Å². The number of hydroxylamine groups is 1. The van der Waals surface area contributed by atoms with E-state index in [0.29, 0.717) is 12.1 Å². The smallest absolute Gasteiger partial charge is 0.276 e. The lowest BCUT2D eigenvalue weighted by molar-refractivity contribution is -0.143. The van der Waals surface area contributed by atoms with Gasteiger partial charge in [-0.25, -0.2) is 5.48 Å². The lowest BCUT2D eigenvalue weighted by atomic mass is 9.74. The maximum Gasteiger partial charge on any atom is 0.276 e. The van der Waals surface area contributed by atoms with Crippen LogP contribution in [0.4, 0.5) is 0 Å². The first-order chi connectivity index (χ1) is 11.0. The maximum absolute atomic E-state index is 13.0. The summed E-state index contributed by atoms with van der Waals surface area (Å²) in [6, 6.07) is 1.76. The van der Waals surface area contributed by atoms with Gasteiger partial charge >= 0.3 is 0 Å². The molecule has 2 aliphatic rings. The van der Waals surface area contributed by atoms with Crippen LogP contribution in [0, 0.1) is 5.41 Å². The zero-order chi connectivity index (χ0) is 16.4. The van der Waals surface area contributed by atoms with E-state index in [1.165, 1.54) is 6.42 Å². The number of nitrogens with zero attached hydrogens (tertiary/aromatic N) is 2. The van der Waals surface area contributed by atoms with Crippen LogP contribution in [0.25, 0.3) is 0 Å². The molecule has 2 N–H and O–H groups in total. The fraction of sp³-hybridized carbons (Fsp3) is 0.647. The van der Waals surface area contributed by atoms with E-state index in [1.807, 2.05) is 9.47 Å². The van der Waals surface area contributed by atoms with Gasteiger partial charge in [-0.3, -0.25) is 14.8 Å². The van der Waals surface area contributed by atoms with Crippen LogP contribution in [-0.4, -0.2) is 33.0 Å². The van der Waals surface area contributed by atoms with Crippen molar-refractivity contribution in [3.8, 4) is 0 Å². The first-order valence-corrected chi connectivity index (χ1v) is 8.46. The number of carbonyl (C=O) groups is 2. The Hall–Kier alpha value is -1.82. The number of hydrogen-bond donors (Lipinski definition) is 2. The summed E-state index contributed by atoms with van der Waals surface area (Å²) in [4.78, 5) is 26.6. The van der Waals surface area contributed by atoms with Crippen molar-refractivity contribution in [1.82, 2.24) is 14.9 Å². The first-order valence-electron chi connectivity index (χ1n) is 8.46. The number of aromatic nitrogens is 1. The molecule has 1 aliphatic heterocycles. The normalized spacial score (nSPS) is 20.5. The highest BCUT2D eigenvalue weighted by molar-refractivity contribution is 5.93. The molecule has 3 rings (SSSR count). The van der Waals surface area contributed by atoms with Crippen LogP contribution in [0.5, 0.6) is 0 Å². The van der Waals surface area contributed by atoms with Gasteiger partial charge in [-0.05, 0) is 25.3 Å². The van der Waals surface area contributed by atoms with Crippen LogP contribution in [0.2, 0.25) is 0 Å². The first kappa shape index (κ1) is 16.1. The second-order valence-corrected chi connectivity index (χ2v) is 7.06. The fourth-order valence-corrected chi connectivity index (χ4v) is 3.89. The number of carbonyl (C=O) groups excluding carboxylic acids is 2. The minimum atomic E-state index is -0.511. The van der Waals surface area contributed by atoms with Gasteiger partial charge in [0.2, 0.25) is 5.91 Å². The van der Waals surface area contributed by atoms with Crippen molar-refractivity contribution in [2.24, 2.45) is 5.41 Å². The molecule has 1 aliphatic carbocycles. The van der Waals surface area contributed by atoms with Crippen molar-refractivity contribution in [3.05, 3.63) is 23.5 Å². The fourth-order valence-electron chi connectivity index (χ4n) is 3.89. The number of amides is 2. The quantitative estimate of drug-likeness (QED) is 0.649. The van der Waals surface area contributed by atoms with Gasteiger partial charge in [0, 0.05) is 30.4 Å². The van der Waals surface area contributed by atoms with Crippen LogP contribution >= 0.6 is 0 Å². The molecule has 1 aromatic heterocycles. The Morgan fingerprint density at radius 1 is 1.17 bits per heavy atom. The molecule has 0 atom stereocenters. The molecule has 2 amide bonds. The largest absolute Gasteiger partial charge is 0.349 e. The second-order valence-electron chi connectivity index (χ2n) is 7.06. The van der Waals surface area contributed by atoms with Gasteiger partial charge in [-0.1, -0.05) is 26.2 Å². The minimum Gasteiger partial charge on any atom is -0.349 e. The molecule has 6 heteroatoms. The molecular formula is C17H25N3O3. The monoisotopic (exact) mass is 319 g/mol. The van der Waals surface area contributed by atoms with E-state index >= 15 is 0 Å². The van der Waals surface area contributed by atoms with E-state index in [2.05, 4.69) is 6.92 Å². The summed E-state index contributed by atoms with van der Waals surface area (Å²) < 4.78 is 2.01. The number of fused-ring (bicyclic) bond motifs is 1. The predicted molar refractivity (Wildman–Crippen MR) is 84.9 cm³/mol. The molecule has 0 radical (unpaired) electrons. The Balaban J connectivity index is 1.78. The maximum atomic E-state index is 13.0. The molecule has 23 heavy (non-hydrogen) atoms. The summed E-state index contributed by atoms with van der Waals surface area (Å²) in [6.07, 6.45) is 8.07. The topological polar surface area (TPSA) is 74.6 Å². The van der Waals surface area contributed by atoms with Crippen LogP contribution in [0.3, 0.4) is 0 Å². The van der Waals surface area contributed by atoms with Crippen molar-refractivity contribution in [2.75, 3.05) is 6.54 Å². The Morgan fingerprint density at radius 2 is 1.91 bits per heavy atom. The van der Waals surface area contributed by atoms with Crippen LogP contribution < -0.4 is 5.48 Å². The van der Waals surface area contributed by atoms with Crippen molar-refractivity contribution >= 4 is 11.8 Å². The minimum absolute atomic E-state index is 0.231. The van der Waals surface area contributed by atoms with Gasteiger partial charge < -0.3 is 9.47 Å². The number of nitrogens with one attached hydrogen (secondary N) is 1. The number of rotatable bonds is 2. The molecular weight excluding hydrogens is 294 g/mol. The molecule has 0 bridgehead atoms. The van der Waals surface area contributed by atoms with Gasteiger partial charge in [-0.2, -0.15) is 0 Å². The summed E-state index contributed by atoms with van der Waals surface area (Å²) in [5.41, 5.74) is 2.82. The summed E-state index contributed by atoms with van der Waals surface area (Å²) in [7, 11) is 0. The summed E-state index contributed by atoms with van der Waals surface area (Å²) >= 11 is 0. The van der Waals surface area contributed by atoms with E-state index in [-0.39, 0.29) is 11.3 Å². The zero-order valence-corrected chi connectivity index (χ0v) is 13.7. The Bertz CT molecular complexity index is 602. The molecule has 0 saturated heterocycles. The van der Waals surface area contributed by atoms with E-state index in [9.17, 15) is 9.59 Å². The van der Waals surface area contributed by atoms with Crippen molar-refractivity contribution in [1.29, 1.82) is 0 Å². The molecule has 2 heterocycles. The molecule has 6 nitrogen and oxygen atoms in total. The Labute approximate surface area is 136 Å². The van der Waals surface area contributed by atoms with Gasteiger partial charge in [0.05, 0.1) is 12.1 Å². The summed E-state index contributed by atoms with van der Waals surface area (Å²) in [5.74, 6) is -0.261. The molecule has 0 spiro atoms. The molecule has 1 fully saturated rings. The lowest BCUT2D eigenvalue weighted by Gasteiger charge is -2.36. The Kier molecular flexibility index (Phi) is 4.43. The highest BCUT2D eigenvalue weighted by Gasteiger charge is 2.38. The van der Waals surface area contributed by atoms with E-state index in [1.54, 1.807) is 17.7 Å². The van der Waals surface area contributed by atoms with Crippen LogP contribution in [0.1, 0.15) is 61.5 Å². The highest BCUT2D eigenvalue weighted by atomic mass is 16.5. The Morgan fingerprint density at radius 3 is 2.61 bits per heavy atom. The average Bonchev–Trinajstić information content (AvgIpc) is 2.86. The standard InChI is InChI=1S/C17H25N3O3/c1-17(6-3-2-4-7-17)16(22)20-9-5-8-19-11-13(15(21)18-23)10-14(19)12-20/h10-11,23H,2-9,12H2,1H3,(H,18,21). The molecule has 1 saturated carbocycles.